The Morgan fingerprint density at radius 3 is 2.40 bits per heavy atom. The van der Waals surface area contributed by atoms with Crippen LogP contribution in [0.1, 0.15) is 33.6 Å². The molecule has 2 bridgehead atoms. The van der Waals surface area contributed by atoms with Crippen molar-refractivity contribution in [2.24, 2.45) is 17.8 Å². The number of nitrogens with one attached hydrogen (secondary N) is 2. The van der Waals surface area contributed by atoms with E-state index >= 15 is 0 Å². The highest BCUT2D eigenvalue weighted by molar-refractivity contribution is 8.02. The van der Waals surface area contributed by atoms with Crippen LogP contribution in [0.25, 0.3) is 10.8 Å². The summed E-state index contributed by atoms with van der Waals surface area (Å²) < 4.78 is 4.74. The third kappa shape index (κ3) is 4.54. The number of benzene rings is 3. The van der Waals surface area contributed by atoms with Crippen LogP contribution >= 0.6 is 11.8 Å². The molecular formula is C33H37N3O5S. The predicted molar refractivity (Wildman–Crippen MR) is 165 cm³/mol. The minimum Gasteiger partial charge on any atom is -0.494 e. The molecule has 3 fully saturated rings. The Morgan fingerprint density at radius 2 is 1.71 bits per heavy atom. The number of fused-ring (bicyclic) bond motifs is 2. The van der Waals surface area contributed by atoms with Gasteiger partial charge in [-0.3, -0.25) is 14.4 Å². The smallest absolute Gasteiger partial charge is 0.248 e. The van der Waals surface area contributed by atoms with Gasteiger partial charge in [0.05, 0.1) is 35.8 Å². The summed E-state index contributed by atoms with van der Waals surface area (Å²) in [5.74, 6) is -1.20. The summed E-state index contributed by atoms with van der Waals surface area (Å²) in [5, 5.41) is 18.4. The quantitative estimate of drug-likeness (QED) is 0.328. The number of nitrogens with zero attached hydrogens (tertiary/aromatic N) is 1. The van der Waals surface area contributed by atoms with E-state index < -0.39 is 28.7 Å². The fourth-order valence-corrected chi connectivity index (χ4v) is 9.78. The summed E-state index contributed by atoms with van der Waals surface area (Å²) in [6.07, 6.45) is 1.23. The highest BCUT2D eigenvalue weighted by atomic mass is 32.2. The van der Waals surface area contributed by atoms with Gasteiger partial charge < -0.3 is 25.4 Å². The van der Waals surface area contributed by atoms with Crippen molar-refractivity contribution >= 4 is 51.6 Å². The number of ether oxygens (including phenoxy) is 1. The Hall–Kier alpha value is -3.56. The number of carbonyl (C=O) groups is 3. The van der Waals surface area contributed by atoms with E-state index in [1.807, 2.05) is 56.3 Å². The van der Waals surface area contributed by atoms with Crippen molar-refractivity contribution in [3.8, 4) is 5.75 Å². The molecule has 3 aliphatic heterocycles. The Bertz CT molecular complexity index is 1510. The zero-order valence-electron chi connectivity index (χ0n) is 24.1. The van der Waals surface area contributed by atoms with Crippen LogP contribution in [-0.2, 0) is 14.4 Å². The van der Waals surface area contributed by atoms with Gasteiger partial charge in [0, 0.05) is 16.6 Å². The van der Waals surface area contributed by atoms with E-state index in [2.05, 4.69) is 17.6 Å². The molecular weight excluding hydrogens is 550 g/mol. The first-order valence-electron chi connectivity index (χ1n) is 14.8. The molecule has 3 saturated heterocycles. The molecule has 1 spiro atoms. The van der Waals surface area contributed by atoms with Gasteiger partial charge in [0.25, 0.3) is 0 Å². The summed E-state index contributed by atoms with van der Waals surface area (Å²) in [5.41, 5.74) is 1.28. The van der Waals surface area contributed by atoms with E-state index in [1.165, 1.54) is 0 Å². The lowest BCUT2D eigenvalue weighted by atomic mass is 9.66. The zero-order chi connectivity index (χ0) is 29.6. The van der Waals surface area contributed by atoms with Crippen molar-refractivity contribution in [2.75, 3.05) is 23.8 Å². The largest absolute Gasteiger partial charge is 0.494 e. The number of hydrogen-bond donors (Lipinski definition) is 3. The second kappa shape index (κ2) is 11.3. The van der Waals surface area contributed by atoms with E-state index in [1.54, 1.807) is 40.9 Å². The fourth-order valence-electron chi connectivity index (χ4n) is 7.37. The van der Waals surface area contributed by atoms with E-state index in [0.29, 0.717) is 24.4 Å². The molecule has 3 N–H and O–H groups in total. The van der Waals surface area contributed by atoms with Crippen molar-refractivity contribution in [2.45, 2.75) is 55.7 Å². The standard InChI is InChI=1S/C33H37N3O5S/c1-4-24(18-37)36-29(31(39)35-23-11-10-20-8-6-7-9-21(20)17-23)33-19(3)16-26(42-33)27(28(33)32(36)40)30(38)34-22-12-14-25(15-13-22)41-5-2/h6-15,17,19,24,26-29,37H,4-5,16,18H2,1-3H3,(H,34,38)(H,35,39)/t19?,24-,26-,27+,28-,29?,33?/m0/s1. The summed E-state index contributed by atoms with van der Waals surface area (Å²) in [6.45, 7) is 6.21. The highest BCUT2D eigenvalue weighted by Gasteiger charge is 2.76. The average molecular weight is 588 g/mol. The van der Waals surface area contributed by atoms with Crippen LogP contribution in [0.5, 0.6) is 5.75 Å². The SMILES string of the molecule is CCOc1ccc(NC(=O)[C@@H]2[C@@H]3CC(C)C4(S3)C(C(=O)Nc3ccc5ccccc5c3)N([C@@H](CC)CO)C(=O)[C@H]24)cc1. The van der Waals surface area contributed by atoms with Crippen LogP contribution < -0.4 is 15.4 Å². The lowest BCUT2D eigenvalue weighted by Gasteiger charge is -2.40. The second-order valence-corrected chi connectivity index (χ2v) is 13.1. The topological polar surface area (TPSA) is 108 Å². The Labute approximate surface area is 250 Å². The summed E-state index contributed by atoms with van der Waals surface area (Å²) in [7, 11) is 0. The van der Waals surface area contributed by atoms with Crippen LogP contribution in [0.2, 0.25) is 0 Å². The monoisotopic (exact) mass is 587 g/mol. The summed E-state index contributed by atoms with van der Waals surface area (Å²) in [4.78, 5) is 44.0. The van der Waals surface area contributed by atoms with Gasteiger partial charge in [-0.25, -0.2) is 0 Å². The van der Waals surface area contributed by atoms with E-state index in [0.717, 1.165) is 22.9 Å². The second-order valence-electron chi connectivity index (χ2n) is 11.5. The molecule has 3 heterocycles. The molecule has 3 amide bonds. The molecule has 3 aromatic rings. The van der Waals surface area contributed by atoms with Crippen molar-refractivity contribution < 1.29 is 24.2 Å². The Morgan fingerprint density at radius 1 is 1.02 bits per heavy atom. The Kier molecular flexibility index (Phi) is 7.66. The number of thioether (sulfide) groups is 1. The van der Waals surface area contributed by atoms with E-state index in [9.17, 15) is 19.5 Å². The first kappa shape index (κ1) is 28.6. The van der Waals surface area contributed by atoms with Crippen LogP contribution in [0, 0.1) is 17.8 Å². The van der Waals surface area contributed by atoms with Gasteiger partial charge in [-0.2, -0.15) is 0 Å². The highest BCUT2D eigenvalue weighted by Crippen LogP contribution is 2.69. The van der Waals surface area contributed by atoms with E-state index in [4.69, 9.17) is 4.74 Å². The molecule has 7 atom stereocenters. The summed E-state index contributed by atoms with van der Waals surface area (Å²) in [6, 6.07) is 19.6. The molecule has 3 aromatic carbocycles. The maximum atomic E-state index is 14.3. The summed E-state index contributed by atoms with van der Waals surface area (Å²) >= 11 is 1.62. The first-order chi connectivity index (χ1) is 20.3. The molecule has 8 nitrogen and oxygen atoms in total. The molecule has 0 aliphatic carbocycles. The van der Waals surface area contributed by atoms with Crippen molar-refractivity contribution in [1.82, 2.24) is 4.90 Å². The maximum absolute atomic E-state index is 14.3. The van der Waals surface area contributed by atoms with Gasteiger partial charge in [-0.15, -0.1) is 11.8 Å². The zero-order valence-corrected chi connectivity index (χ0v) is 24.9. The molecule has 0 saturated carbocycles. The first-order valence-corrected chi connectivity index (χ1v) is 15.6. The molecule has 3 unspecified atom stereocenters. The number of aliphatic hydroxyl groups is 1. The third-order valence-electron chi connectivity index (χ3n) is 9.26. The lowest BCUT2D eigenvalue weighted by Crippen LogP contribution is -2.56. The average Bonchev–Trinajstić information content (AvgIpc) is 3.58. The minimum absolute atomic E-state index is 0.0320. The minimum atomic E-state index is -0.813. The number of carbonyl (C=O) groups excluding carboxylic acids is 3. The number of aliphatic hydroxyl groups excluding tert-OH is 1. The number of hydrogen-bond acceptors (Lipinski definition) is 6. The maximum Gasteiger partial charge on any atom is 0.248 e. The molecule has 0 radical (unpaired) electrons. The number of likely N-dealkylation sites (tertiary alicyclic amines) is 1. The van der Waals surface area contributed by atoms with E-state index in [-0.39, 0.29) is 35.5 Å². The number of anilines is 2. The van der Waals surface area contributed by atoms with Crippen LogP contribution in [-0.4, -0.2) is 63.0 Å². The number of amides is 3. The van der Waals surface area contributed by atoms with Gasteiger partial charge in [0.15, 0.2) is 0 Å². The third-order valence-corrected chi connectivity index (χ3v) is 11.3. The normalized spacial score (nSPS) is 28.5. The molecule has 9 heteroatoms. The predicted octanol–water partition coefficient (Wildman–Crippen LogP) is 4.92. The van der Waals surface area contributed by atoms with Gasteiger partial charge in [0.2, 0.25) is 17.7 Å². The van der Waals surface area contributed by atoms with Gasteiger partial charge in [-0.1, -0.05) is 44.2 Å². The van der Waals surface area contributed by atoms with Crippen molar-refractivity contribution in [1.29, 1.82) is 0 Å². The van der Waals surface area contributed by atoms with Crippen molar-refractivity contribution in [3.05, 3.63) is 66.7 Å². The van der Waals surface area contributed by atoms with Crippen LogP contribution in [0.15, 0.2) is 66.7 Å². The number of rotatable bonds is 9. The molecule has 0 aromatic heterocycles. The Balaban J connectivity index is 1.33. The molecule has 42 heavy (non-hydrogen) atoms. The fraction of sp³-hybridized carbons (Fsp3) is 0.424. The van der Waals surface area contributed by atoms with Gasteiger partial charge in [-0.05, 0) is 72.9 Å². The molecule has 6 rings (SSSR count). The van der Waals surface area contributed by atoms with Crippen molar-refractivity contribution in [3.63, 3.8) is 0 Å². The van der Waals surface area contributed by atoms with Gasteiger partial charge >= 0.3 is 0 Å². The van der Waals surface area contributed by atoms with Gasteiger partial charge in [0.1, 0.15) is 11.8 Å². The lowest BCUT2D eigenvalue weighted by molar-refractivity contribution is -0.141. The molecule has 3 aliphatic rings. The van der Waals surface area contributed by atoms with Crippen LogP contribution in [0.4, 0.5) is 11.4 Å². The molecule has 220 valence electrons. The van der Waals surface area contributed by atoms with Crippen LogP contribution in [0.3, 0.4) is 0 Å².